The second-order valence-electron chi connectivity index (χ2n) is 7.88. The Kier molecular flexibility index (Phi) is 6.05. The van der Waals surface area contributed by atoms with Gasteiger partial charge in [0.25, 0.3) is 0 Å². The van der Waals surface area contributed by atoms with E-state index >= 15 is 0 Å². The highest BCUT2D eigenvalue weighted by Crippen LogP contribution is 2.24. The third-order valence-electron chi connectivity index (χ3n) is 5.91. The fourth-order valence-electron chi connectivity index (χ4n) is 4.11. The lowest BCUT2D eigenvalue weighted by molar-refractivity contribution is 0.222. The fraction of sp³-hybridized carbons (Fsp3) is 0.619. The summed E-state index contributed by atoms with van der Waals surface area (Å²) >= 11 is 2.00. The lowest BCUT2D eigenvalue weighted by Gasteiger charge is -2.35. The van der Waals surface area contributed by atoms with Crippen molar-refractivity contribution in [3.8, 4) is 0 Å². The van der Waals surface area contributed by atoms with Crippen LogP contribution in [0.4, 0.5) is 5.82 Å². The number of piperazine rings is 1. The van der Waals surface area contributed by atoms with Gasteiger partial charge >= 0.3 is 0 Å². The molecule has 0 spiro atoms. The summed E-state index contributed by atoms with van der Waals surface area (Å²) in [6.45, 7) is 13.3. The minimum absolute atomic E-state index is 1.04. The highest BCUT2D eigenvalue weighted by molar-refractivity contribution is 7.11. The number of anilines is 1. The summed E-state index contributed by atoms with van der Waals surface area (Å²) in [6.07, 6.45) is 5.84. The third-order valence-corrected chi connectivity index (χ3v) is 6.96. The van der Waals surface area contributed by atoms with Gasteiger partial charge in [-0.05, 0) is 51.9 Å². The maximum Gasteiger partial charge on any atom is 0.135 e. The standard InChI is InChI=1S/C21H31N5S/c1-17-18(2)22-16-23-21(17)26-12-10-25(11-13-26)15-20-7-6-19(27-20)14-24-8-4-3-5-9-24/h6-7,16H,3-5,8-15H2,1-2H3. The molecule has 0 radical (unpaired) electrons. The van der Waals surface area contributed by atoms with Crippen LogP contribution in [0.25, 0.3) is 0 Å². The number of aryl methyl sites for hydroxylation is 1. The van der Waals surface area contributed by atoms with Crippen LogP contribution in [0, 0.1) is 13.8 Å². The van der Waals surface area contributed by atoms with Crippen molar-refractivity contribution in [3.63, 3.8) is 0 Å². The number of aromatic nitrogens is 2. The second-order valence-corrected chi connectivity index (χ2v) is 9.13. The molecular formula is C21H31N5S. The summed E-state index contributed by atoms with van der Waals surface area (Å²) in [5, 5.41) is 0. The Morgan fingerprint density at radius 2 is 1.44 bits per heavy atom. The first kappa shape index (κ1) is 18.8. The first-order valence-corrected chi connectivity index (χ1v) is 11.1. The van der Waals surface area contributed by atoms with Crippen LogP contribution in [0.3, 0.4) is 0 Å². The van der Waals surface area contributed by atoms with Crippen LogP contribution in [0.5, 0.6) is 0 Å². The molecule has 2 aliphatic heterocycles. The molecule has 2 aromatic rings. The molecule has 27 heavy (non-hydrogen) atoms. The SMILES string of the molecule is Cc1ncnc(N2CCN(Cc3ccc(CN4CCCCC4)s3)CC2)c1C. The predicted octanol–water partition coefficient (Wildman–Crippen LogP) is 3.46. The average Bonchev–Trinajstić information content (AvgIpc) is 3.12. The Hall–Kier alpha value is -1.50. The van der Waals surface area contributed by atoms with Gasteiger partial charge in [0.1, 0.15) is 12.1 Å². The van der Waals surface area contributed by atoms with E-state index in [0.717, 1.165) is 50.8 Å². The molecule has 0 aromatic carbocycles. The number of likely N-dealkylation sites (tertiary alicyclic amines) is 1. The van der Waals surface area contributed by atoms with Crippen molar-refractivity contribution in [2.45, 2.75) is 46.2 Å². The second kappa shape index (κ2) is 8.67. The van der Waals surface area contributed by atoms with Crippen molar-refractivity contribution in [1.82, 2.24) is 19.8 Å². The minimum Gasteiger partial charge on any atom is -0.354 e. The monoisotopic (exact) mass is 385 g/mol. The zero-order valence-corrected chi connectivity index (χ0v) is 17.5. The molecule has 0 amide bonds. The lowest BCUT2D eigenvalue weighted by atomic mass is 10.1. The quantitative estimate of drug-likeness (QED) is 0.788. The minimum atomic E-state index is 1.04. The first-order chi connectivity index (χ1) is 13.2. The van der Waals surface area contributed by atoms with Gasteiger partial charge in [-0.3, -0.25) is 9.80 Å². The van der Waals surface area contributed by atoms with E-state index in [2.05, 4.69) is 50.6 Å². The molecule has 146 valence electrons. The summed E-state index contributed by atoms with van der Waals surface area (Å²) in [7, 11) is 0. The Morgan fingerprint density at radius 3 is 2.11 bits per heavy atom. The molecule has 0 bridgehead atoms. The smallest absolute Gasteiger partial charge is 0.135 e. The third kappa shape index (κ3) is 4.68. The van der Waals surface area contributed by atoms with E-state index in [4.69, 9.17) is 0 Å². The number of rotatable bonds is 5. The highest BCUT2D eigenvalue weighted by Gasteiger charge is 2.21. The average molecular weight is 386 g/mol. The van der Waals surface area contributed by atoms with Crippen LogP contribution >= 0.6 is 11.3 Å². The van der Waals surface area contributed by atoms with Crippen LogP contribution in [0.1, 0.15) is 40.3 Å². The lowest BCUT2D eigenvalue weighted by Crippen LogP contribution is -2.46. The van der Waals surface area contributed by atoms with Gasteiger partial charge in [0.2, 0.25) is 0 Å². The van der Waals surface area contributed by atoms with Crippen molar-refractivity contribution in [3.05, 3.63) is 39.5 Å². The van der Waals surface area contributed by atoms with Gasteiger partial charge in [-0.25, -0.2) is 9.97 Å². The van der Waals surface area contributed by atoms with Crippen LogP contribution in [0.2, 0.25) is 0 Å². The van der Waals surface area contributed by atoms with Crippen molar-refractivity contribution in [2.24, 2.45) is 0 Å². The maximum atomic E-state index is 4.52. The van der Waals surface area contributed by atoms with E-state index in [1.54, 1.807) is 6.33 Å². The summed E-state index contributed by atoms with van der Waals surface area (Å²) in [5.74, 6) is 1.11. The van der Waals surface area contributed by atoms with Gasteiger partial charge in [-0.1, -0.05) is 6.42 Å². The molecule has 2 fully saturated rings. The van der Waals surface area contributed by atoms with Gasteiger partial charge in [0, 0.05) is 60.3 Å². The molecule has 0 atom stereocenters. The van der Waals surface area contributed by atoms with Gasteiger partial charge in [-0.2, -0.15) is 0 Å². The number of hydrogen-bond acceptors (Lipinski definition) is 6. The van der Waals surface area contributed by atoms with E-state index in [-0.39, 0.29) is 0 Å². The van der Waals surface area contributed by atoms with E-state index in [1.165, 1.54) is 47.7 Å². The highest BCUT2D eigenvalue weighted by atomic mass is 32.1. The Labute approximate surface area is 167 Å². The first-order valence-electron chi connectivity index (χ1n) is 10.2. The summed E-state index contributed by atoms with van der Waals surface area (Å²) < 4.78 is 0. The van der Waals surface area contributed by atoms with E-state index in [0.29, 0.717) is 0 Å². The van der Waals surface area contributed by atoms with Gasteiger partial charge < -0.3 is 4.90 Å². The van der Waals surface area contributed by atoms with Crippen LogP contribution in [-0.4, -0.2) is 59.0 Å². The van der Waals surface area contributed by atoms with E-state index < -0.39 is 0 Å². The molecule has 0 unspecified atom stereocenters. The van der Waals surface area contributed by atoms with Gasteiger partial charge in [0.15, 0.2) is 0 Å². The van der Waals surface area contributed by atoms with E-state index in [9.17, 15) is 0 Å². The molecule has 0 aliphatic carbocycles. The molecular weight excluding hydrogens is 354 g/mol. The fourth-order valence-corrected chi connectivity index (χ4v) is 5.22. The molecule has 5 nitrogen and oxygen atoms in total. The Balaban J connectivity index is 1.28. The van der Waals surface area contributed by atoms with E-state index in [1.807, 2.05) is 11.3 Å². The molecule has 2 aromatic heterocycles. The molecule has 2 aliphatic rings. The van der Waals surface area contributed by atoms with Gasteiger partial charge in [-0.15, -0.1) is 11.3 Å². The Bertz CT molecular complexity index is 745. The number of thiophene rings is 1. The van der Waals surface area contributed by atoms with Crippen molar-refractivity contribution >= 4 is 17.2 Å². The molecule has 2 saturated heterocycles. The number of piperidine rings is 1. The normalized spacial score (nSPS) is 19.6. The molecule has 0 N–H and O–H groups in total. The predicted molar refractivity (Wildman–Crippen MR) is 112 cm³/mol. The Morgan fingerprint density at radius 1 is 0.815 bits per heavy atom. The van der Waals surface area contributed by atoms with Crippen molar-refractivity contribution in [1.29, 1.82) is 0 Å². The summed E-state index contributed by atoms with van der Waals surface area (Å²) in [4.78, 5) is 19.5. The topological polar surface area (TPSA) is 35.5 Å². The molecule has 4 heterocycles. The van der Waals surface area contributed by atoms with Crippen LogP contribution < -0.4 is 4.90 Å². The maximum absolute atomic E-state index is 4.52. The molecule has 4 rings (SSSR count). The molecule has 6 heteroatoms. The van der Waals surface area contributed by atoms with Crippen LogP contribution in [0.15, 0.2) is 18.5 Å². The zero-order valence-electron chi connectivity index (χ0n) is 16.7. The van der Waals surface area contributed by atoms with Gasteiger partial charge in [0.05, 0.1) is 0 Å². The molecule has 0 saturated carbocycles. The summed E-state index contributed by atoms with van der Waals surface area (Å²) in [5.41, 5.74) is 2.30. The zero-order chi connectivity index (χ0) is 18.6. The number of nitrogens with zero attached hydrogens (tertiary/aromatic N) is 5. The van der Waals surface area contributed by atoms with Crippen LogP contribution in [-0.2, 0) is 13.1 Å². The summed E-state index contributed by atoms with van der Waals surface area (Å²) in [6, 6.07) is 4.69. The number of hydrogen-bond donors (Lipinski definition) is 0. The largest absolute Gasteiger partial charge is 0.354 e. The van der Waals surface area contributed by atoms with Crippen molar-refractivity contribution < 1.29 is 0 Å². The van der Waals surface area contributed by atoms with Crippen molar-refractivity contribution in [2.75, 3.05) is 44.2 Å².